The van der Waals surface area contributed by atoms with Crippen molar-refractivity contribution in [1.29, 1.82) is 5.26 Å². The third kappa shape index (κ3) is 2.86. The molecule has 1 amide bonds. The normalized spacial score (nSPS) is 9.23. The van der Waals surface area contributed by atoms with Gasteiger partial charge in [0.1, 0.15) is 6.42 Å². The fourth-order valence-electron chi connectivity index (χ4n) is 0.706. The average Bonchev–Trinajstić information content (AvgIpc) is 2.49. The molecule has 0 aromatic carbocycles. The van der Waals surface area contributed by atoms with Gasteiger partial charge in [-0.2, -0.15) is 10.1 Å². The fraction of sp³-hybridized carbons (Fsp3) is 0.500. The number of nitrogens with zero attached hydrogens (tertiary/aromatic N) is 5. The summed E-state index contributed by atoms with van der Waals surface area (Å²) in [5.74, 6) is 0.0868. The van der Waals surface area contributed by atoms with Crippen LogP contribution in [0.15, 0.2) is 0 Å². The highest BCUT2D eigenvalue weighted by atomic mass is 16.1. The predicted molar refractivity (Wildman–Crippen MR) is 40.9 cm³/mol. The van der Waals surface area contributed by atoms with Crippen molar-refractivity contribution in [3.63, 3.8) is 0 Å². The van der Waals surface area contributed by atoms with Gasteiger partial charge >= 0.3 is 0 Å². The Morgan fingerprint density at radius 1 is 1.77 bits per heavy atom. The Balaban J connectivity index is 2.36. The first-order valence-corrected chi connectivity index (χ1v) is 3.59. The molecule has 0 unspecified atom stereocenters. The minimum Gasteiger partial charge on any atom is -0.348 e. The van der Waals surface area contributed by atoms with Gasteiger partial charge in [-0.25, -0.2) is 0 Å². The number of nitriles is 1. The van der Waals surface area contributed by atoms with E-state index < -0.39 is 0 Å². The van der Waals surface area contributed by atoms with Crippen molar-refractivity contribution in [3.05, 3.63) is 5.82 Å². The molecule has 0 saturated carbocycles. The van der Waals surface area contributed by atoms with Crippen molar-refractivity contribution >= 4 is 5.91 Å². The maximum atomic E-state index is 10.8. The molecule has 1 aromatic heterocycles. The Bertz CT molecular complexity index is 337. The summed E-state index contributed by atoms with van der Waals surface area (Å²) >= 11 is 0. The van der Waals surface area contributed by atoms with Crippen LogP contribution in [0.5, 0.6) is 0 Å². The van der Waals surface area contributed by atoms with Crippen LogP contribution in [0.1, 0.15) is 12.2 Å². The summed E-state index contributed by atoms with van der Waals surface area (Å²) in [6.45, 7) is 0.203. The van der Waals surface area contributed by atoms with Gasteiger partial charge < -0.3 is 5.32 Å². The van der Waals surface area contributed by atoms with Crippen LogP contribution in [0.4, 0.5) is 0 Å². The molecule has 0 fully saturated rings. The van der Waals surface area contributed by atoms with Gasteiger partial charge in [0, 0.05) is 0 Å². The Kier molecular flexibility index (Phi) is 2.92. The molecule has 0 bridgehead atoms. The lowest BCUT2D eigenvalue weighted by molar-refractivity contribution is -0.120. The van der Waals surface area contributed by atoms with Crippen molar-refractivity contribution in [1.82, 2.24) is 25.5 Å². The summed E-state index contributed by atoms with van der Waals surface area (Å²) in [6, 6.07) is 1.74. The first-order valence-electron chi connectivity index (χ1n) is 3.59. The molecule has 7 nitrogen and oxygen atoms in total. The third-order valence-electron chi connectivity index (χ3n) is 1.23. The zero-order valence-electron chi connectivity index (χ0n) is 7.06. The molecule has 0 aliphatic rings. The third-order valence-corrected chi connectivity index (χ3v) is 1.23. The van der Waals surface area contributed by atoms with E-state index in [1.165, 1.54) is 4.80 Å². The molecular formula is C6H8N6O. The number of carbonyl (C=O) groups is 1. The molecule has 0 aliphatic heterocycles. The number of carbonyl (C=O) groups excluding carboxylic acids is 1. The second-order valence-electron chi connectivity index (χ2n) is 2.31. The second kappa shape index (κ2) is 4.15. The van der Waals surface area contributed by atoms with Crippen LogP contribution in [0.2, 0.25) is 0 Å². The van der Waals surface area contributed by atoms with E-state index in [4.69, 9.17) is 5.26 Å². The quantitative estimate of drug-likeness (QED) is 0.626. The first kappa shape index (κ1) is 9.12. The van der Waals surface area contributed by atoms with E-state index in [2.05, 4.69) is 20.7 Å². The summed E-state index contributed by atoms with van der Waals surface area (Å²) in [4.78, 5) is 12.1. The average molecular weight is 180 g/mol. The van der Waals surface area contributed by atoms with Gasteiger partial charge in [-0.1, -0.05) is 0 Å². The van der Waals surface area contributed by atoms with Crippen LogP contribution < -0.4 is 5.32 Å². The maximum Gasteiger partial charge on any atom is 0.234 e. The van der Waals surface area contributed by atoms with Crippen molar-refractivity contribution in [2.45, 2.75) is 13.0 Å². The van der Waals surface area contributed by atoms with Crippen molar-refractivity contribution in [2.75, 3.05) is 0 Å². The second-order valence-corrected chi connectivity index (χ2v) is 2.31. The molecule has 1 N–H and O–H groups in total. The highest BCUT2D eigenvalue weighted by molar-refractivity contribution is 5.77. The summed E-state index contributed by atoms with van der Waals surface area (Å²) < 4.78 is 0. The molecule has 7 heteroatoms. The van der Waals surface area contributed by atoms with Crippen LogP contribution in [-0.4, -0.2) is 26.1 Å². The van der Waals surface area contributed by atoms with Gasteiger partial charge in [-0.3, -0.25) is 4.79 Å². The van der Waals surface area contributed by atoms with E-state index in [0.717, 1.165) is 0 Å². The topological polar surface area (TPSA) is 96.5 Å². The number of rotatable bonds is 3. The highest BCUT2D eigenvalue weighted by Crippen LogP contribution is 1.84. The zero-order valence-corrected chi connectivity index (χ0v) is 7.06. The number of hydrogen-bond acceptors (Lipinski definition) is 5. The van der Waals surface area contributed by atoms with E-state index in [0.29, 0.717) is 5.82 Å². The monoisotopic (exact) mass is 180 g/mol. The summed E-state index contributed by atoms with van der Waals surface area (Å²) in [5, 5.41) is 21.7. The van der Waals surface area contributed by atoms with Gasteiger partial charge in [0.2, 0.25) is 5.91 Å². The SMILES string of the molecule is Cn1nnc(CNC(=O)CC#N)n1. The molecule has 13 heavy (non-hydrogen) atoms. The number of amides is 1. The Labute approximate surface area is 74.3 Å². The van der Waals surface area contributed by atoms with Gasteiger partial charge in [0.25, 0.3) is 0 Å². The van der Waals surface area contributed by atoms with Crippen LogP contribution in [-0.2, 0) is 18.4 Å². The van der Waals surface area contributed by atoms with Crippen molar-refractivity contribution < 1.29 is 4.79 Å². The lowest BCUT2D eigenvalue weighted by Gasteiger charge is -1.95. The molecule has 0 spiro atoms. The summed E-state index contributed by atoms with van der Waals surface area (Å²) in [6.07, 6.45) is -0.153. The molecule has 0 aliphatic carbocycles. The Hall–Kier alpha value is -1.97. The van der Waals surface area contributed by atoms with Crippen molar-refractivity contribution in [2.24, 2.45) is 7.05 Å². The van der Waals surface area contributed by atoms with Crippen LogP contribution in [0.3, 0.4) is 0 Å². The molecular weight excluding hydrogens is 172 g/mol. The van der Waals surface area contributed by atoms with Crippen LogP contribution in [0, 0.1) is 11.3 Å². The Morgan fingerprint density at radius 3 is 3.08 bits per heavy atom. The standard InChI is InChI=1S/C6H8N6O/c1-12-10-5(9-11-12)4-8-6(13)2-3-7/h2,4H2,1H3,(H,8,13). The van der Waals surface area contributed by atoms with E-state index in [9.17, 15) is 4.79 Å². The molecule has 0 atom stereocenters. The van der Waals surface area contributed by atoms with E-state index in [-0.39, 0.29) is 18.9 Å². The number of nitrogens with one attached hydrogen (secondary N) is 1. The lowest BCUT2D eigenvalue weighted by Crippen LogP contribution is -2.22. The molecule has 68 valence electrons. The van der Waals surface area contributed by atoms with Crippen LogP contribution in [0.25, 0.3) is 0 Å². The largest absolute Gasteiger partial charge is 0.348 e. The van der Waals surface area contributed by atoms with Gasteiger partial charge in [-0.15, -0.1) is 10.2 Å². The van der Waals surface area contributed by atoms with Gasteiger partial charge in [0.05, 0.1) is 19.7 Å². The lowest BCUT2D eigenvalue weighted by atomic mass is 10.4. The summed E-state index contributed by atoms with van der Waals surface area (Å²) in [7, 11) is 1.63. The minimum atomic E-state index is -0.338. The molecule has 1 aromatic rings. The maximum absolute atomic E-state index is 10.8. The molecule has 1 heterocycles. The van der Waals surface area contributed by atoms with Crippen molar-refractivity contribution in [3.8, 4) is 6.07 Å². The van der Waals surface area contributed by atoms with E-state index >= 15 is 0 Å². The number of aromatic nitrogens is 4. The van der Waals surface area contributed by atoms with E-state index in [1.807, 2.05) is 0 Å². The smallest absolute Gasteiger partial charge is 0.234 e. The molecule has 1 rings (SSSR count). The minimum absolute atomic E-state index is 0.153. The fourth-order valence-corrected chi connectivity index (χ4v) is 0.706. The number of hydrogen-bond donors (Lipinski definition) is 1. The van der Waals surface area contributed by atoms with Gasteiger partial charge in [-0.05, 0) is 5.21 Å². The summed E-state index contributed by atoms with van der Waals surface area (Å²) in [5.41, 5.74) is 0. The molecule has 0 saturated heterocycles. The first-order chi connectivity index (χ1) is 6.22. The highest BCUT2D eigenvalue weighted by Gasteiger charge is 2.03. The van der Waals surface area contributed by atoms with Gasteiger partial charge in [0.15, 0.2) is 5.82 Å². The molecule has 0 radical (unpaired) electrons. The van der Waals surface area contributed by atoms with Crippen LogP contribution >= 0.6 is 0 Å². The predicted octanol–water partition coefficient (Wildman–Crippen LogP) is -1.26. The number of tetrazole rings is 1. The zero-order chi connectivity index (χ0) is 9.68. The Morgan fingerprint density at radius 2 is 2.54 bits per heavy atom. The van der Waals surface area contributed by atoms with E-state index in [1.54, 1.807) is 13.1 Å². The number of aryl methyl sites for hydroxylation is 1.